The molecule has 0 aliphatic rings. The molecule has 1 radical (unpaired) electrons. The first-order chi connectivity index (χ1) is 1.91. The zero-order valence-corrected chi connectivity index (χ0v) is 4.98. The van der Waals surface area contributed by atoms with E-state index in [4.69, 9.17) is 6.58 Å². The van der Waals surface area contributed by atoms with E-state index >= 15 is 0 Å². The van der Waals surface area contributed by atoms with Crippen molar-refractivity contribution in [2.24, 2.45) is 0 Å². The topological polar surface area (TPSA) is 14.1 Å². The molecule has 1 nitrogen and oxygen atoms in total. The van der Waals surface area contributed by atoms with E-state index in [1.54, 1.807) is 7.05 Å². The molecule has 0 amide bonds. The Bertz CT molecular complexity index is 21.5. The van der Waals surface area contributed by atoms with Crippen LogP contribution in [0.2, 0.25) is 0 Å². The molecule has 0 N–H and O–H groups in total. The minimum absolute atomic E-state index is 0. The van der Waals surface area contributed by atoms with E-state index < -0.39 is 0 Å². The van der Waals surface area contributed by atoms with Gasteiger partial charge in [0.25, 0.3) is 0 Å². The third-order valence-electron chi connectivity index (χ3n) is 0.149. The summed E-state index contributed by atoms with van der Waals surface area (Å²) >= 11 is 0. The fourth-order valence-electron chi connectivity index (χ4n) is 0. The Kier molecular flexibility index (Phi) is 54.6. The predicted molar refractivity (Wildman–Crippen MR) is 24.6 cm³/mol. The Balaban J connectivity index is -0.0000000450. The second-order valence-corrected chi connectivity index (χ2v) is 0.407. The summed E-state index contributed by atoms with van der Waals surface area (Å²) in [5.41, 5.74) is 0. The van der Waals surface area contributed by atoms with Crippen LogP contribution >= 0.6 is 0 Å². The van der Waals surface area contributed by atoms with E-state index in [0.717, 1.165) is 0 Å². The van der Waals surface area contributed by atoms with Crippen molar-refractivity contribution in [3.8, 4) is 0 Å². The van der Waals surface area contributed by atoms with Crippen LogP contribution in [0.3, 0.4) is 0 Å². The van der Waals surface area contributed by atoms with Gasteiger partial charge in [-0.1, -0.05) is 0 Å². The van der Waals surface area contributed by atoms with E-state index in [1.165, 1.54) is 6.20 Å². The summed E-state index contributed by atoms with van der Waals surface area (Å²) in [6.07, 6.45) is 1.25. The standard InChI is InChI=1S/C3H5N.CH3.Co/c1-3-4-2;;/h1,3H,2H3;1H3;/q-2;-1;+2. The van der Waals surface area contributed by atoms with Crippen LogP contribution in [0, 0.1) is 14.0 Å². The van der Waals surface area contributed by atoms with Crippen molar-refractivity contribution in [3.05, 3.63) is 25.5 Å². The van der Waals surface area contributed by atoms with Gasteiger partial charge in [0.05, 0.1) is 0 Å². The summed E-state index contributed by atoms with van der Waals surface area (Å²) in [7, 11) is 1.62. The van der Waals surface area contributed by atoms with Crippen molar-refractivity contribution in [3.63, 3.8) is 0 Å². The fraction of sp³-hybridized carbons (Fsp3) is 0.250. The van der Waals surface area contributed by atoms with Gasteiger partial charge in [0.15, 0.2) is 0 Å². The molecule has 0 atom stereocenters. The minimum Gasteiger partial charge on any atom is -0.723 e. The van der Waals surface area contributed by atoms with Crippen LogP contribution < -0.4 is 0 Å². The average Bonchev–Trinajstić information content (AvgIpc) is 1.37. The minimum atomic E-state index is 0. The molecule has 2 heteroatoms. The Hall–Kier alpha value is 0.0465. The summed E-state index contributed by atoms with van der Waals surface area (Å²) in [4.78, 5) is 0. The van der Waals surface area contributed by atoms with Gasteiger partial charge < -0.3 is 25.5 Å². The van der Waals surface area contributed by atoms with Gasteiger partial charge in [-0.05, 0) is 0 Å². The Morgan fingerprint density at radius 2 is 1.83 bits per heavy atom. The van der Waals surface area contributed by atoms with Crippen LogP contribution in [-0.4, -0.2) is 7.05 Å². The van der Waals surface area contributed by atoms with E-state index in [1.807, 2.05) is 0 Å². The second-order valence-electron chi connectivity index (χ2n) is 0.407. The molecule has 0 saturated carbocycles. The first-order valence-corrected chi connectivity index (χ1v) is 1.04. The summed E-state index contributed by atoms with van der Waals surface area (Å²) in [5.74, 6) is 0. The Labute approximate surface area is 50.0 Å². The molecule has 0 aliphatic carbocycles. The summed E-state index contributed by atoms with van der Waals surface area (Å²) in [6.45, 7) is 4.74. The maximum absolute atomic E-state index is 4.74. The number of hydrogen-bond acceptors (Lipinski definition) is 0. The molecule has 6 heavy (non-hydrogen) atoms. The molecule has 0 heterocycles. The molecule has 0 spiro atoms. The van der Waals surface area contributed by atoms with E-state index in [2.05, 4.69) is 5.32 Å². The number of hydrogen-bond donors (Lipinski definition) is 0. The third-order valence-corrected chi connectivity index (χ3v) is 0.149. The molecule has 0 aromatic rings. The van der Waals surface area contributed by atoms with Crippen LogP contribution in [0.25, 0.3) is 5.32 Å². The molecule has 0 unspecified atom stereocenters. The predicted octanol–water partition coefficient (Wildman–Crippen LogP) is 1.38. The molecule has 0 fully saturated rings. The summed E-state index contributed by atoms with van der Waals surface area (Å²) < 4.78 is 0. The first-order valence-electron chi connectivity index (χ1n) is 1.04. The first kappa shape index (κ1) is 16.6. The van der Waals surface area contributed by atoms with E-state index in [0.29, 0.717) is 0 Å². The molecule has 0 aromatic carbocycles. The molecule has 0 saturated heterocycles. The normalized spacial score (nSPS) is 3.50. The molecule has 0 aromatic heterocycles. The van der Waals surface area contributed by atoms with Crippen molar-refractivity contribution in [2.45, 2.75) is 0 Å². The van der Waals surface area contributed by atoms with Crippen LogP contribution in [0.4, 0.5) is 0 Å². The van der Waals surface area contributed by atoms with Crippen molar-refractivity contribution < 1.29 is 16.8 Å². The Morgan fingerprint density at radius 1 is 1.67 bits per heavy atom. The number of rotatable bonds is 1. The SMILES string of the molecule is [CH-]=C[N-]C.[CH3-].[Co+2]. The molecule has 39 valence electrons. The third kappa shape index (κ3) is 34.3. The Morgan fingerprint density at radius 3 is 1.83 bits per heavy atom. The summed E-state index contributed by atoms with van der Waals surface area (Å²) in [6, 6.07) is 0. The molecule has 0 bridgehead atoms. The van der Waals surface area contributed by atoms with Crippen molar-refractivity contribution in [2.75, 3.05) is 7.05 Å². The van der Waals surface area contributed by atoms with Gasteiger partial charge in [-0.15, -0.1) is 7.05 Å². The van der Waals surface area contributed by atoms with Crippen LogP contribution in [0.5, 0.6) is 0 Å². The second kappa shape index (κ2) is 19.7. The largest absolute Gasteiger partial charge is 2.00 e. The van der Waals surface area contributed by atoms with Gasteiger partial charge in [0.1, 0.15) is 0 Å². The maximum Gasteiger partial charge on any atom is 2.00 e. The molecule has 0 aliphatic heterocycles. The zero-order chi connectivity index (χ0) is 3.41. The van der Waals surface area contributed by atoms with Gasteiger partial charge in [-0.25, -0.2) is 0 Å². The van der Waals surface area contributed by atoms with Crippen LogP contribution in [0.15, 0.2) is 6.20 Å². The van der Waals surface area contributed by atoms with Crippen molar-refractivity contribution >= 4 is 0 Å². The fourth-order valence-corrected chi connectivity index (χ4v) is 0. The van der Waals surface area contributed by atoms with E-state index in [-0.39, 0.29) is 24.2 Å². The van der Waals surface area contributed by atoms with Crippen LogP contribution in [-0.2, 0) is 16.8 Å². The summed E-state index contributed by atoms with van der Waals surface area (Å²) in [5, 5.41) is 3.39. The smallest absolute Gasteiger partial charge is 0.723 e. The number of nitrogens with zero attached hydrogens (tertiary/aromatic N) is 1. The van der Waals surface area contributed by atoms with Crippen molar-refractivity contribution in [1.29, 1.82) is 0 Å². The average molecular weight is 129 g/mol. The van der Waals surface area contributed by atoms with Gasteiger partial charge in [-0.2, -0.15) is 0 Å². The van der Waals surface area contributed by atoms with Gasteiger partial charge in [-0.3, -0.25) is 0 Å². The zero-order valence-electron chi connectivity index (χ0n) is 3.94. The maximum atomic E-state index is 4.74. The van der Waals surface area contributed by atoms with Gasteiger partial charge in [0.2, 0.25) is 0 Å². The van der Waals surface area contributed by atoms with Crippen LogP contribution in [0.1, 0.15) is 0 Å². The monoisotopic (exact) mass is 129 g/mol. The van der Waals surface area contributed by atoms with Gasteiger partial charge >= 0.3 is 16.8 Å². The quantitative estimate of drug-likeness (QED) is 0.475. The van der Waals surface area contributed by atoms with Crippen molar-refractivity contribution in [1.82, 2.24) is 0 Å². The van der Waals surface area contributed by atoms with Gasteiger partial charge in [0, 0.05) is 0 Å². The molecular formula is C4H8CoN-. The molecular weight excluding hydrogens is 121 g/mol. The van der Waals surface area contributed by atoms with E-state index in [9.17, 15) is 0 Å². The molecule has 0 rings (SSSR count).